The number of anilines is 1. The number of hydrogen-bond donors (Lipinski definition) is 1. The zero-order valence-corrected chi connectivity index (χ0v) is 15.4. The molecule has 0 unspecified atom stereocenters. The van der Waals surface area contributed by atoms with Crippen LogP contribution in [0.2, 0.25) is 0 Å². The summed E-state index contributed by atoms with van der Waals surface area (Å²) in [6.45, 7) is 0.879. The lowest BCUT2D eigenvalue weighted by Crippen LogP contribution is -2.33. The summed E-state index contributed by atoms with van der Waals surface area (Å²) in [4.78, 5) is 2.43. The Balaban J connectivity index is 2.18. The Kier molecular flexibility index (Phi) is 6.12. The van der Waals surface area contributed by atoms with Crippen molar-refractivity contribution >= 4 is 44.5 Å². The van der Waals surface area contributed by atoms with Crippen LogP contribution in [0.15, 0.2) is 16.6 Å². The summed E-state index contributed by atoms with van der Waals surface area (Å²) >= 11 is 5.70. The van der Waals surface area contributed by atoms with Gasteiger partial charge in [0.1, 0.15) is 0 Å². The highest BCUT2D eigenvalue weighted by Gasteiger charge is 2.19. The van der Waals surface area contributed by atoms with Crippen LogP contribution in [0.5, 0.6) is 0 Å². The molecule has 2 rings (SSSR count). The number of rotatable bonds is 4. The van der Waals surface area contributed by atoms with E-state index in [0.717, 1.165) is 16.7 Å². The maximum atomic E-state index is 9.13. The quantitative estimate of drug-likeness (QED) is 0.529. The van der Waals surface area contributed by atoms with Gasteiger partial charge in [0.15, 0.2) is 0 Å². The Hall–Kier alpha value is -0.320. The van der Waals surface area contributed by atoms with Gasteiger partial charge in [-0.1, -0.05) is 19.3 Å². The smallest absolute Gasteiger partial charge is 0.0992 e. The summed E-state index contributed by atoms with van der Waals surface area (Å²) in [6.07, 6.45) is 6.65. The van der Waals surface area contributed by atoms with Gasteiger partial charge in [0.2, 0.25) is 0 Å². The third-order valence-corrected chi connectivity index (χ3v) is 5.18. The molecule has 1 fully saturated rings. The second kappa shape index (κ2) is 7.62. The lowest BCUT2D eigenvalue weighted by molar-refractivity contribution is 0.185. The van der Waals surface area contributed by atoms with Gasteiger partial charge in [0, 0.05) is 17.1 Å². The molecule has 0 saturated heterocycles. The molecule has 0 spiro atoms. The van der Waals surface area contributed by atoms with E-state index in [2.05, 4.69) is 60.3 Å². The lowest BCUT2D eigenvalue weighted by Gasteiger charge is -2.31. The largest absolute Gasteiger partial charge is 0.327 e. The molecule has 3 nitrogen and oxygen atoms in total. The molecule has 0 amide bonds. The fourth-order valence-corrected chi connectivity index (χ4v) is 4.49. The van der Waals surface area contributed by atoms with Crippen LogP contribution in [0.4, 0.5) is 5.69 Å². The molecule has 1 saturated carbocycles. The van der Waals surface area contributed by atoms with Crippen LogP contribution in [0.25, 0.3) is 0 Å². The maximum absolute atomic E-state index is 9.13. The average molecular weight is 448 g/mol. The monoisotopic (exact) mass is 447 g/mol. The minimum Gasteiger partial charge on any atom is -0.327 e. The van der Waals surface area contributed by atoms with Gasteiger partial charge < -0.3 is 3.53 Å². The Morgan fingerprint density at radius 2 is 2.10 bits per heavy atom. The third-order valence-electron chi connectivity index (χ3n) is 4.01. The molecule has 1 aromatic carbocycles. The van der Waals surface area contributed by atoms with E-state index in [1.165, 1.54) is 37.7 Å². The SMILES string of the molecule is CN(Cc1cc(C#N)cc(Br)c1NI)C1CCCCC1. The summed E-state index contributed by atoms with van der Waals surface area (Å²) in [5.41, 5.74) is 2.96. The second-order valence-corrected chi connectivity index (χ2v) is 6.80. The second-order valence-electron chi connectivity index (χ2n) is 5.41. The summed E-state index contributed by atoms with van der Waals surface area (Å²) in [5, 5.41) is 9.13. The highest BCUT2D eigenvalue weighted by atomic mass is 127. The van der Waals surface area contributed by atoms with Gasteiger partial charge in [-0.2, -0.15) is 5.26 Å². The van der Waals surface area contributed by atoms with E-state index < -0.39 is 0 Å². The molecule has 0 radical (unpaired) electrons. The zero-order chi connectivity index (χ0) is 14.5. The number of nitrogens with zero attached hydrogens (tertiary/aromatic N) is 2. The third kappa shape index (κ3) is 3.86. The molecule has 20 heavy (non-hydrogen) atoms. The van der Waals surface area contributed by atoms with Gasteiger partial charge in [0.05, 0.1) is 40.2 Å². The van der Waals surface area contributed by atoms with Crippen molar-refractivity contribution in [2.45, 2.75) is 44.7 Å². The van der Waals surface area contributed by atoms with Crippen molar-refractivity contribution in [3.63, 3.8) is 0 Å². The van der Waals surface area contributed by atoms with Crippen molar-refractivity contribution in [3.05, 3.63) is 27.7 Å². The van der Waals surface area contributed by atoms with Crippen LogP contribution >= 0.6 is 38.8 Å². The molecular weight excluding hydrogens is 429 g/mol. The Labute approximate surface area is 143 Å². The summed E-state index contributed by atoms with van der Waals surface area (Å²) < 4.78 is 4.17. The summed E-state index contributed by atoms with van der Waals surface area (Å²) in [7, 11) is 2.19. The molecule has 0 bridgehead atoms. The van der Waals surface area contributed by atoms with E-state index in [0.29, 0.717) is 11.6 Å². The first-order chi connectivity index (χ1) is 9.65. The van der Waals surface area contributed by atoms with Gasteiger partial charge in [-0.25, -0.2) is 0 Å². The van der Waals surface area contributed by atoms with Gasteiger partial charge in [0.25, 0.3) is 0 Å². The Morgan fingerprint density at radius 3 is 2.70 bits per heavy atom. The van der Waals surface area contributed by atoms with Crippen molar-refractivity contribution in [3.8, 4) is 6.07 Å². The van der Waals surface area contributed by atoms with Crippen molar-refractivity contribution in [1.29, 1.82) is 5.26 Å². The first-order valence-electron chi connectivity index (χ1n) is 6.95. The number of nitriles is 1. The molecule has 0 heterocycles. The fraction of sp³-hybridized carbons (Fsp3) is 0.533. The molecule has 0 aromatic heterocycles. The molecule has 0 atom stereocenters. The van der Waals surface area contributed by atoms with E-state index in [4.69, 9.17) is 5.26 Å². The van der Waals surface area contributed by atoms with Gasteiger partial charge >= 0.3 is 0 Å². The Bertz CT molecular complexity index is 507. The van der Waals surface area contributed by atoms with E-state index in [9.17, 15) is 0 Å². The highest BCUT2D eigenvalue weighted by molar-refractivity contribution is 14.1. The molecule has 1 N–H and O–H groups in total. The van der Waals surface area contributed by atoms with Gasteiger partial charge in [-0.3, -0.25) is 4.90 Å². The minimum atomic E-state index is 0.676. The van der Waals surface area contributed by atoms with Crippen LogP contribution < -0.4 is 3.53 Å². The predicted molar refractivity (Wildman–Crippen MR) is 94.8 cm³/mol. The summed E-state index contributed by atoms with van der Waals surface area (Å²) in [5.74, 6) is 0. The van der Waals surface area contributed by atoms with Gasteiger partial charge in [-0.15, -0.1) is 0 Å². The average Bonchev–Trinajstić information content (AvgIpc) is 2.47. The van der Waals surface area contributed by atoms with Crippen LogP contribution in [-0.4, -0.2) is 18.0 Å². The molecule has 5 heteroatoms. The zero-order valence-electron chi connectivity index (χ0n) is 11.6. The van der Waals surface area contributed by atoms with Crippen molar-refractivity contribution in [2.75, 3.05) is 10.6 Å². The predicted octanol–water partition coefficient (Wildman–Crippen LogP) is 4.85. The standard InChI is InChI=1S/C15H19BrIN3/c1-20(13-5-3-2-4-6-13)10-12-7-11(9-18)8-14(16)15(12)19-17/h7-8,13,19H,2-6,10H2,1H3. The van der Waals surface area contributed by atoms with Crippen molar-refractivity contribution < 1.29 is 0 Å². The van der Waals surface area contributed by atoms with E-state index in [1.807, 2.05) is 12.1 Å². The van der Waals surface area contributed by atoms with Crippen LogP contribution in [0.1, 0.15) is 43.2 Å². The van der Waals surface area contributed by atoms with Crippen molar-refractivity contribution in [2.24, 2.45) is 0 Å². The normalized spacial score (nSPS) is 16.1. The van der Waals surface area contributed by atoms with E-state index in [1.54, 1.807) is 0 Å². The van der Waals surface area contributed by atoms with Crippen molar-refractivity contribution in [1.82, 2.24) is 4.90 Å². The van der Waals surface area contributed by atoms with Gasteiger partial charge in [-0.05, 0) is 53.5 Å². The molecule has 0 aliphatic heterocycles. The maximum Gasteiger partial charge on any atom is 0.0992 e. The molecule has 1 aliphatic carbocycles. The first kappa shape index (κ1) is 16.1. The molecule has 1 aliphatic rings. The Morgan fingerprint density at radius 1 is 1.40 bits per heavy atom. The topological polar surface area (TPSA) is 39.1 Å². The van der Waals surface area contributed by atoms with Crippen LogP contribution in [-0.2, 0) is 6.54 Å². The first-order valence-corrected chi connectivity index (χ1v) is 8.82. The minimum absolute atomic E-state index is 0.676. The molecular formula is C15H19BrIN3. The molecule has 108 valence electrons. The number of hydrogen-bond acceptors (Lipinski definition) is 3. The van der Waals surface area contributed by atoms with Crippen LogP contribution in [0, 0.1) is 11.3 Å². The van der Waals surface area contributed by atoms with E-state index in [-0.39, 0.29) is 0 Å². The number of nitrogens with one attached hydrogen (secondary N) is 1. The molecule has 1 aromatic rings. The highest BCUT2D eigenvalue weighted by Crippen LogP contribution is 2.31. The summed E-state index contributed by atoms with van der Waals surface area (Å²) in [6, 6.07) is 6.77. The number of halogens is 2. The van der Waals surface area contributed by atoms with E-state index >= 15 is 0 Å². The lowest BCUT2D eigenvalue weighted by atomic mass is 9.94. The van der Waals surface area contributed by atoms with Crippen LogP contribution in [0.3, 0.4) is 0 Å². The number of benzene rings is 1. The fourth-order valence-electron chi connectivity index (χ4n) is 2.88.